The first-order chi connectivity index (χ1) is 29.8. The van der Waals surface area contributed by atoms with Gasteiger partial charge in [0.15, 0.2) is 11.5 Å². The molecule has 4 rings (SSSR count). The number of aryl methyl sites for hydroxylation is 2. The largest absolute Gasteiger partial charge is 2.00 e. The fourth-order valence-electron chi connectivity index (χ4n) is 7.37. The second-order valence-electron chi connectivity index (χ2n) is 16.2. The van der Waals surface area contributed by atoms with E-state index in [0.717, 1.165) is 38.5 Å². The number of unbranched alkanes of at least 4 members (excludes halogenated alkanes) is 20. The Morgan fingerprint density at radius 2 is 0.857 bits per heavy atom. The van der Waals surface area contributed by atoms with Gasteiger partial charge in [0, 0.05) is 6.07 Å². The number of ether oxygens (including phenoxy) is 2. The zero-order chi connectivity index (χ0) is 45.1. The Morgan fingerprint density at radius 1 is 0.492 bits per heavy atom. The Bertz CT molecular complexity index is 1940. The van der Waals surface area contributed by atoms with Crippen LogP contribution in [0.3, 0.4) is 0 Å². The van der Waals surface area contributed by atoms with Gasteiger partial charge < -0.3 is 24.2 Å². The SMILES string of the molecule is CCCCCCCCCCCCCc1ccc(Oc2ccccc2O)cc1S(=O)(=O)O.CCCCCCCCCCCCCc1ccc(Oc2ccccc2[O-])cc1S(=O)(=O)[O-].[Ca+2]. The predicted molar refractivity (Wildman–Crippen MR) is 251 cm³/mol. The molecular formula is C50H70CaO10S2. The van der Waals surface area contributed by atoms with Crippen LogP contribution in [0.2, 0.25) is 0 Å². The molecule has 0 saturated heterocycles. The van der Waals surface area contributed by atoms with Crippen LogP contribution in [-0.2, 0) is 33.1 Å². The van der Waals surface area contributed by atoms with Crippen molar-refractivity contribution in [2.75, 3.05) is 0 Å². The number of rotatable bonds is 30. The van der Waals surface area contributed by atoms with Crippen LogP contribution in [0.5, 0.6) is 34.5 Å². The molecule has 0 heterocycles. The van der Waals surface area contributed by atoms with Crippen molar-refractivity contribution in [2.45, 2.75) is 178 Å². The molecule has 0 spiro atoms. The number of phenols is 1. The Morgan fingerprint density at radius 3 is 1.27 bits per heavy atom. The van der Waals surface area contributed by atoms with Gasteiger partial charge in [0.25, 0.3) is 10.1 Å². The number of hydrogen-bond donors (Lipinski definition) is 2. The first-order valence-electron chi connectivity index (χ1n) is 22.9. The van der Waals surface area contributed by atoms with Crippen molar-refractivity contribution in [3.05, 3.63) is 96.1 Å². The molecule has 0 unspecified atom stereocenters. The van der Waals surface area contributed by atoms with Crippen LogP contribution < -0.4 is 14.6 Å². The van der Waals surface area contributed by atoms with Crippen molar-refractivity contribution in [2.24, 2.45) is 0 Å². The molecule has 63 heavy (non-hydrogen) atoms. The van der Waals surface area contributed by atoms with Gasteiger partial charge in [-0.1, -0.05) is 190 Å². The molecule has 0 aliphatic rings. The van der Waals surface area contributed by atoms with Crippen molar-refractivity contribution in [1.82, 2.24) is 0 Å². The third kappa shape index (κ3) is 23.3. The van der Waals surface area contributed by atoms with Crippen molar-refractivity contribution < 1.29 is 45.6 Å². The molecule has 0 aromatic heterocycles. The summed E-state index contributed by atoms with van der Waals surface area (Å²) in [5.74, 6) is 0.383. The van der Waals surface area contributed by atoms with Gasteiger partial charge in [-0.2, -0.15) is 8.42 Å². The number of aromatic hydroxyl groups is 1. The smallest absolute Gasteiger partial charge is 0.870 e. The third-order valence-electron chi connectivity index (χ3n) is 10.9. The van der Waals surface area contributed by atoms with Gasteiger partial charge in [-0.05, 0) is 73.2 Å². The molecule has 10 nitrogen and oxygen atoms in total. The number of phenolic OH excluding ortho intramolecular Hbond substituents is 1. The Kier molecular flexibility index (Phi) is 28.5. The van der Waals surface area contributed by atoms with Gasteiger partial charge in [-0.15, -0.1) is 0 Å². The molecule has 0 radical (unpaired) electrons. The number of para-hydroxylation sites is 4. The van der Waals surface area contributed by atoms with Crippen molar-refractivity contribution in [3.63, 3.8) is 0 Å². The molecular weight excluding hydrogens is 865 g/mol. The maximum atomic E-state index is 11.9. The zero-order valence-electron chi connectivity index (χ0n) is 37.7. The minimum absolute atomic E-state index is 0. The maximum Gasteiger partial charge on any atom is 2.00 e. The molecule has 2 N–H and O–H groups in total. The van der Waals surface area contributed by atoms with Crippen molar-refractivity contribution in [1.29, 1.82) is 0 Å². The van der Waals surface area contributed by atoms with Crippen LogP contribution in [0, 0.1) is 0 Å². The summed E-state index contributed by atoms with van der Waals surface area (Å²) in [5.41, 5.74) is 1.09. The quantitative estimate of drug-likeness (QED) is 0.0291. The topological polar surface area (TPSA) is 173 Å². The molecule has 4 aromatic carbocycles. The second kappa shape index (κ2) is 31.9. The molecule has 344 valence electrons. The summed E-state index contributed by atoms with van der Waals surface area (Å²) < 4.78 is 79.8. The van der Waals surface area contributed by atoms with Gasteiger partial charge in [0.2, 0.25) is 0 Å². The van der Waals surface area contributed by atoms with Crippen LogP contribution >= 0.6 is 0 Å². The van der Waals surface area contributed by atoms with E-state index in [9.17, 15) is 36.2 Å². The molecule has 0 saturated carbocycles. The minimum Gasteiger partial charge on any atom is -0.870 e. The normalized spacial score (nSPS) is 11.4. The summed E-state index contributed by atoms with van der Waals surface area (Å²) in [6.07, 6.45) is 27.9. The maximum absolute atomic E-state index is 11.9. The summed E-state index contributed by atoms with van der Waals surface area (Å²) in [5, 5.41) is 21.6. The molecule has 0 amide bonds. The third-order valence-corrected chi connectivity index (χ3v) is 12.7. The molecule has 0 bridgehead atoms. The summed E-state index contributed by atoms with van der Waals surface area (Å²) in [4.78, 5) is -0.395. The summed E-state index contributed by atoms with van der Waals surface area (Å²) in [6, 6.07) is 21.7. The molecule has 13 heteroatoms. The number of hydrogen-bond acceptors (Lipinski definition) is 9. The summed E-state index contributed by atoms with van der Waals surface area (Å²) in [7, 11) is -9.00. The zero-order valence-corrected chi connectivity index (χ0v) is 41.6. The standard InChI is InChI=1S/2C25H36O5S.Ca/c2*1-2-3-4-5-6-7-8-9-10-11-12-15-21-18-19-22(20-25(21)31(27,28)29)30-24-17-14-13-16-23(24)26;/h2*13-14,16-20,26H,2-12,15H2,1H3,(H,27,28,29);/q;;+2/p-2. The van der Waals surface area contributed by atoms with Gasteiger partial charge >= 0.3 is 37.7 Å². The predicted octanol–water partition coefficient (Wildman–Crippen LogP) is 13.2. The van der Waals surface area contributed by atoms with Crippen LogP contribution in [0.1, 0.15) is 166 Å². The van der Waals surface area contributed by atoms with Crippen LogP contribution in [0.4, 0.5) is 0 Å². The Labute approximate surface area is 408 Å². The fourth-order valence-corrected chi connectivity index (χ4v) is 8.89. The Hall–Kier alpha value is -2.84. The fraction of sp³-hybridized carbons (Fsp3) is 0.520. The van der Waals surface area contributed by atoms with E-state index in [-0.39, 0.29) is 82.0 Å². The molecule has 0 aliphatic carbocycles. The average Bonchev–Trinajstić information content (AvgIpc) is 3.24. The molecule has 0 atom stereocenters. The van der Waals surface area contributed by atoms with E-state index < -0.39 is 20.2 Å². The van der Waals surface area contributed by atoms with E-state index in [1.54, 1.807) is 54.6 Å². The average molecular weight is 935 g/mol. The number of benzene rings is 4. The molecule has 0 aliphatic heterocycles. The Balaban J connectivity index is 0.000000427. The summed E-state index contributed by atoms with van der Waals surface area (Å²) in [6.45, 7) is 4.46. The van der Waals surface area contributed by atoms with E-state index in [4.69, 9.17) is 9.47 Å². The summed E-state index contributed by atoms with van der Waals surface area (Å²) >= 11 is 0. The monoisotopic (exact) mass is 934 g/mol. The van der Waals surface area contributed by atoms with E-state index in [0.29, 0.717) is 24.0 Å². The van der Waals surface area contributed by atoms with E-state index in [1.807, 2.05) is 0 Å². The van der Waals surface area contributed by atoms with Gasteiger partial charge in [-0.3, -0.25) is 4.55 Å². The van der Waals surface area contributed by atoms with Crippen LogP contribution in [0.15, 0.2) is 94.7 Å². The van der Waals surface area contributed by atoms with E-state index in [1.165, 1.54) is 133 Å². The van der Waals surface area contributed by atoms with Gasteiger partial charge in [0.1, 0.15) is 32.3 Å². The van der Waals surface area contributed by atoms with E-state index >= 15 is 0 Å². The van der Waals surface area contributed by atoms with Crippen LogP contribution in [0.25, 0.3) is 0 Å². The molecule has 0 fully saturated rings. The second-order valence-corrected chi connectivity index (χ2v) is 18.9. The first-order valence-corrected chi connectivity index (χ1v) is 25.8. The van der Waals surface area contributed by atoms with Gasteiger partial charge in [-0.25, -0.2) is 8.42 Å². The van der Waals surface area contributed by atoms with E-state index in [2.05, 4.69) is 13.8 Å². The van der Waals surface area contributed by atoms with Crippen molar-refractivity contribution in [3.8, 4) is 34.5 Å². The minimum atomic E-state index is -4.63. The van der Waals surface area contributed by atoms with Crippen molar-refractivity contribution >= 4 is 58.0 Å². The van der Waals surface area contributed by atoms with Gasteiger partial charge in [0.05, 0.1) is 4.90 Å². The first kappa shape index (κ1) is 56.3. The van der Waals surface area contributed by atoms with Crippen LogP contribution in [-0.4, -0.2) is 68.8 Å². The molecule has 4 aromatic rings.